The second-order valence-corrected chi connectivity index (χ2v) is 4.61. The van der Waals surface area contributed by atoms with Crippen molar-refractivity contribution in [3.8, 4) is 0 Å². The average Bonchev–Trinajstić information content (AvgIpc) is 2.22. The van der Waals surface area contributed by atoms with Crippen molar-refractivity contribution in [1.82, 2.24) is 4.90 Å². The largest absolute Gasteiger partial charge is 0.342 e. The van der Waals surface area contributed by atoms with Gasteiger partial charge in [-0.1, -0.05) is 18.2 Å². The molecule has 0 bridgehead atoms. The minimum Gasteiger partial charge on any atom is -0.342 e. The van der Waals surface area contributed by atoms with Gasteiger partial charge in [0.15, 0.2) is 0 Å². The Hall–Kier alpha value is -0.840. The van der Waals surface area contributed by atoms with Crippen LogP contribution in [0.5, 0.6) is 0 Å². The second kappa shape index (κ2) is 5.90. The van der Waals surface area contributed by atoms with Crippen LogP contribution in [0, 0.1) is 3.57 Å². The van der Waals surface area contributed by atoms with E-state index >= 15 is 0 Å². The monoisotopic (exact) mass is 315 g/mol. The van der Waals surface area contributed by atoms with Crippen LogP contribution >= 0.6 is 22.6 Å². The summed E-state index contributed by atoms with van der Waals surface area (Å²) in [5, 5.41) is 0. The molecule has 15 heavy (non-hydrogen) atoms. The van der Waals surface area contributed by atoms with Gasteiger partial charge in [0.2, 0.25) is 5.91 Å². The zero-order valence-electron chi connectivity index (χ0n) is 8.74. The molecule has 0 radical (unpaired) electrons. The van der Waals surface area contributed by atoms with Crippen molar-refractivity contribution in [3.63, 3.8) is 0 Å². The summed E-state index contributed by atoms with van der Waals surface area (Å²) in [5.41, 5.74) is 1.05. The molecule has 0 fully saturated rings. The summed E-state index contributed by atoms with van der Waals surface area (Å²) in [6.45, 7) is 4.21. The van der Waals surface area contributed by atoms with Gasteiger partial charge in [-0.3, -0.25) is 4.79 Å². The third-order valence-corrected chi connectivity index (χ3v) is 2.82. The summed E-state index contributed by atoms with van der Waals surface area (Å²) in [7, 11) is 1.79. The van der Waals surface area contributed by atoms with Crippen molar-refractivity contribution in [2.24, 2.45) is 0 Å². The van der Waals surface area contributed by atoms with Crippen molar-refractivity contribution in [3.05, 3.63) is 46.1 Å². The first kappa shape index (κ1) is 12.2. The predicted octanol–water partition coefficient (Wildman–Crippen LogP) is 2.48. The van der Waals surface area contributed by atoms with Crippen LogP contribution in [0.1, 0.15) is 5.56 Å². The molecule has 0 N–H and O–H groups in total. The Morgan fingerprint density at radius 2 is 2.07 bits per heavy atom. The maximum absolute atomic E-state index is 11.7. The Morgan fingerprint density at radius 3 is 2.60 bits per heavy atom. The van der Waals surface area contributed by atoms with Crippen LogP contribution in [-0.4, -0.2) is 24.4 Å². The van der Waals surface area contributed by atoms with Crippen LogP contribution in [-0.2, 0) is 11.2 Å². The molecule has 0 aromatic heterocycles. The smallest absolute Gasteiger partial charge is 0.227 e. The van der Waals surface area contributed by atoms with Crippen LogP contribution in [0.4, 0.5) is 0 Å². The van der Waals surface area contributed by atoms with Crippen LogP contribution in [0.3, 0.4) is 0 Å². The van der Waals surface area contributed by atoms with Gasteiger partial charge in [-0.2, -0.15) is 0 Å². The Kier molecular flexibility index (Phi) is 4.81. The lowest BCUT2D eigenvalue weighted by Gasteiger charge is -2.14. The molecule has 80 valence electrons. The number of rotatable bonds is 4. The average molecular weight is 315 g/mol. The molecular weight excluding hydrogens is 301 g/mol. The predicted molar refractivity (Wildman–Crippen MR) is 70.7 cm³/mol. The SMILES string of the molecule is C=CCN(C)C(=O)Cc1ccc(I)cc1. The highest BCUT2D eigenvalue weighted by molar-refractivity contribution is 14.1. The van der Waals surface area contributed by atoms with E-state index in [9.17, 15) is 4.79 Å². The molecule has 0 aliphatic rings. The van der Waals surface area contributed by atoms with E-state index in [-0.39, 0.29) is 5.91 Å². The van der Waals surface area contributed by atoms with Gasteiger partial charge in [0, 0.05) is 17.2 Å². The number of amides is 1. The molecule has 0 aliphatic carbocycles. The van der Waals surface area contributed by atoms with Crippen molar-refractivity contribution in [1.29, 1.82) is 0 Å². The van der Waals surface area contributed by atoms with E-state index in [0.717, 1.165) is 5.56 Å². The fourth-order valence-corrected chi connectivity index (χ4v) is 1.57. The van der Waals surface area contributed by atoms with E-state index in [1.165, 1.54) is 3.57 Å². The molecule has 1 aromatic rings. The first-order valence-electron chi connectivity index (χ1n) is 4.73. The molecule has 2 nitrogen and oxygen atoms in total. The highest BCUT2D eigenvalue weighted by Crippen LogP contribution is 2.08. The normalized spacial score (nSPS) is 9.73. The van der Waals surface area contributed by atoms with Crippen LogP contribution in [0.15, 0.2) is 36.9 Å². The van der Waals surface area contributed by atoms with Crippen molar-refractivity contribution < 1.29 is 4.79 Å². The highest BCUT2D eigenvalue weighted by atomic mass is 127. The minimum atomic E-state index is 0.121. The molecule has 0 spiro atoms. The van der Waals surface area contributed by atoms with Gasteiger partial charge in [0.1, 0.15) is 0 Å². The number of carbonyl (C=O) groups excluding carboxylic acids is 1. The third kappa shape index (κ3) is 4.03. The van der Waals surface area contributed by atoms with E-state index in [1.54, 1.807) is 18.0 Å². The number of hydrogen-bond donors (Lipinski definition) is 0. The zero-order chi connectivity index (χ0) is 11.3. The number of halogens is 1. The summed E-state index contributed by atoms with van der Waals surface area (Å²) in [5.74, 6) is 0.121. The number of benzene rings is 1. The Balaban J connectivity index is 2.58. The first-order chi connectivity index (χ1) is 7.13. The molecule has 0 heterocycles. The van der Waals surface area contributed by atoms with Gasteiger partial charge in [0.25, 0.3) is 0 Å². The summed E-state index contributed by atoms with van der Waals surface area (Å²) >= 11 is 2.25. The van der Waals surface area contributed by atoms with Gasteiger partial charge in [0.05, 0.1) is 6.42 Å². The molecule has 1 aromatic carbocycles. The summed E-state index contributed by atoms with van der Waals surface area (Å²) in [4.78, 5) is 13.3. The number of likely N-dealkylation sites (N-methyl/N-ethyl adjacent to an activating group) is 1. The first-order valence-corrected chi connectivity index (χ1v) is 5.80. The quantitative estimate of drug-likeness (QED) is 0.617. The van der Waals surface area contributed by atoms with E-state index in [0.29, 0.717) is 13.0 Å². The van der Waals surface area contributed by atoms with Crippen LogP contribution < -0.4 is 0 Å². The Morgan fingerprint density at radius 1 is 1.47 bits per heavy atom. The van der Waals surface area contributed by atoms with Gasteiger partial charge < -0.3 is 4.90 Å². The molecule has 1 amide bonds. The van der Waals surface area contributed by atoms with E-state index < -0.39 is 0 Å². The van der Waals surface area contributed by atoms with Crippen molar-refractivity contribution in [2.45, 2.75) is 6.42 Å². The van der Waals surface area contributed by atoms with E-state index in [4.69, 9.17) is 0 Å². The lowest BCUT2D eigenvalue weighted by molar-refractivity contribution is -0.128. The Bertz CT molecular complexity index is 345. The minimum absolute atomic E-state index is 0.121. The van der Waals surface area contributed by atoms with E-state index in [1.807, 2.05) is 24.3 Å². The zero-order valence-corrected chi connectivity index (χ0v) is 10.9. The number of carbonyl (C=O) groups is 1. The van der Waals surface area contributed by atoms with Crippen molar-refractivity contribution >= 4 is 28.5 Å². The van der Waals surface area contributed by atoms with Gasteiger partial charge in [-0.05, 0) is 40.3 Å². The highest BCUT2D eigenvalue weighted by Gasteiger charge is 2.07. The molecule has 0 atom stereocenters. The molecule has 3 heteroatoms. The molecular formula is C12H14INO. The number of hydrogen-bond acceptors (Lipinski definition) is 1. The topological polar surface area (TPSA) is 20.3 Å². The summed E-state index contributed by atoms with van der Waals surface area (Å²) in [6.07, 6.45) is 2.19. The maximum Gasteiger partial charge on any atom is 0.227 e. The van der Waals surface area contributed by atoms with E-state index in [2.05, 4.69) is 29.2 Å². The third-order valence-electron chi connectivity index (χ3n) is 2.10. The van der Waals surface area contributed by atoms with Crippen LogP contribution in [0.25, 0.3) is 0 Å². The maximum atomic E-state index is 11.7. The van der Waals surface area contributed by atoms with Gasteiger partial charge in [-0.15, -0.1) is 6.58 Å². The molecule has 1 rings (SSSR count). The fraction of sp³-hybridized carbons (Fsp3) is 0.250. The Labute approximate surface area is 104 Å². The van der Waals surface area contributed by atoms with Gasteiger partial charge in [-0.25, -0.2) is 0 Å². The summed E-state index contributed by atoms with van der Waals surface area (Å²) < 4.78 is 1.18. The van der Waals surface area contributed by atoms with Crippen molar-refractivity contribution in [2.75, 3.05) is 13.6 Å². The number of nitrogens with zero attached hydrogens (tertiary/aromatic N) is 1. The lowest BCUT2D eigenvalue weighted by Crippen LogP contribution is -2.28. The molecule has 0 saturated carbocycles. The lowest BCUT2D eigenvalue weighted by atomic mass is 10.1. The summed E-state index contributed by atoms with van der Waals surface area (Å²) in [6, 6.07) is 8.00. The second-order valence-electron chi connectivity index (χ2n) is 3.37. The van der Waals surface area contributed by atoms with Crippen LogP contribution in [0.2, 0.25) is 0 Å². The fourth-order valence-electron chi connectivity index (χ4n) is 1.21. The molecule has 0 saturated heterocycles. The standard InChI is InChI=1S/C12H14INO/c1-3-8-14(2)12(15)9-10-4-6-11(13)7-5-10/h3-7H,1,8-9H2,2H3. The molecule has 0 unspecified atom stereocenters. The molecule has 0 aliphatic heterocycles. The van der Waals surface area contributed by atoms with Gasteiger partial charge >= 0.3 is 0 Å².